The van der Waals surface area contributed by atoms with Crippen LogP contribution in [0, 0.1) is 5.82 Å². The molecule has 0 bridgehead atoms. The predicted octanol–water partition coefficient (Wildman–Crippen LogP) is 2.61. The number of pyridine rings is 1. The number of benzene rings is 2. The molecule has 1 saturated heterocycles. The van der Waals surface area contributed by atoms with Crippen LogP contribution in [-0.4, -0.2) is 52.7 Å². The van der Waals surface area contributed by atoms with E-state index in [1.54, 1.807) is 28.8 Å². The number of halogens is 1. The Kier molecular flexibility index (Phi) is 5.70. The van der Waals surface area contributed by atoms with E-state index in [0.717, 1.165) is 10.3 Å². The minimum atomic E-state index is -0.938. The molecular weight excluding hydrogens is 487 g/mol. The number of hydrogen-bond donors (Lipinski definition) is 3. The normalized spacial score (nSPS) is 21.4. The Morgan fingerprint density at radius 2 is 2.00 bits per heavy atom. The first-order valence-electron chi connectivity index (χ1n) is 11.7. The van der Waals surface area contributed by atoms with Crippen molar-refractivity contribution in [2.24, 2.45) is 0 Å². The number of thioether (sulfide) groups is 1. The minimum Gasteiger partial charge on any atom is -0.441 e. The van der Waals surface area contributed by atoms with Crippen molar-refractivity contribution in [3.63, 3.8) is 0 Å². The Morgan fingerprint density at radius 1 is 1.17 bits per heavy atom. The smallest absolute Gasteiger partial charge is 0.414 e. The molecule has 3 N–H and O–H groups in total. The lowest BCUT2D eigenvalue weighted by Gasteiger charge is -2.20. The number of ether oxygens (including phenoxy) is 1. The van der Waals surface area contributed by atoms with E-state index in [9.17, 15) is 23.9 Å². The Morgan fingerprint density at radius 3 is 2.86 bits per heavy atom. The summed E-state index contributed by atoms with van der Waals surface area (Å²) in [4.78, 5) is 38.9. The average molecular weight is 511 g/mol. The van der Waals surface area contributed by atoms with Gasteiger partial charge in [0.1, 0.15) is 11.9 Å². The lowest BCUT2D eigenvalue weighted by Crippen LogP contribution is -2.34. The van der Waals surface area contributed by atoms with Gasteiger partial charge in [0.15, 0.2) is 0 Å². The summed E-state index contributed by atoms with van der Waals surface area (Å²) in [5.74, 6) is -0.121. The van der Waals surface area contributed by atoms with Gasteiger partial charge in [-0.2, -0.15) is 0 Å². The van der Waals surface area contributed by atoms with E-state index in [1.807, 2.05) is 6.07 Å². The summed E-state index contributed by atoms with van der Waals surface area (Å²) in [7, 11) is 0. The summed E-state index contributed by atoms with van der Waals surface area (Å²) in [5, 5.41) is 17.6. The second-order valence-electron chi connectivity index (χ2n) is 9.09. The zero-order valence-corrected chi connectivity index (χ0v) is 19.9. The SMILES string of the molecule is O=C1CSc2ccc(N3CC(C(O)CCNC4Cn5c(=O)ccc6ccc(F)c4c65)OC3=O)cc2N1. The van der Waals surface area contributed by atoms with E-state index < -0.39 is 24.3 Å². The molecule has 2 amide bonds. The standard InChI is InChI=1S/C25H23FN4O5S/c26-15-4-1-13-2-6-22(33)30-10-17(23(15)24(13)30)27-8-7-18(31)19-11-29(25(34)35-19)14-3-5-20-16(9-14)28-21(32)12-36-20/h1-6,9,17-19,27,31H,7-8,10-12H2,(H,28,32). The molecule has 1 aromatic heterocycles. The van der Waals surface area contributed by atoms with Gasteiger partial charge in [0.2, 0.25) is 5.91 Å². The fourth-order valence-corrected chi connectivity index (χ4v) is 5.87. The van der Waals surface area contributed by atoms with Gasteiger partial charge < -0.3 is 25.0 Å². The van der Waals surface area contributed by atoms with Crippen LogP contribution in [0.15, 0.2) is 52.2 Å². The number of aliphatic hydroxyl groups is 1. The molecule has 3 unspecified atom stereocenters. The van der Waals surface area contributed by atoms with Crippen LogP contribution in [0.4, 0.5) is 20.6 Å². The molecule has 0 saturated carbocycles. The molecule has 6 rings (SSSR count). The number of aromatic nitrogens is 1. The van der Waals surface area contributed by atoms with Crippen LogP contribution < -0.4 is 21.1 Å². The molecule has 3 atom stereocenters. The van der Waals surface area contributed by atoms with Crippen LogP contribution in [0.3, 0.4) is 0 Å². The highest BCUT2D eigenvalue weighted by molar-refractivity contribution is 8.00. The number of anilines is 2. The van der Waals surface area contributed by atoms with Gasteiger partial charge in [-0.1, -0.05) is 0 Å². The van der Waals surface area contributed by atoms with E-state index in [0.29, 0.717) is 41.3 Å². The Bertz CT molecular complexity index is 1460. The van der Waals surface area contributed by atoms with Gasteiger partial charge in [-0.3, -0.25) is 14.5 Å². The van der Waals surface area contributed by atoms with Gasteiger partial charge in [-0.25, -0.2) is 9.18 Å². The van der Waals surface area contributed by atoms with Crippen molar-refractivity contribution in [1.29, 1.82) is 0 Å². The molecule has 3 aliphatic heterocycles. The Balaban J connectivity index is 1.09. The van der Waals surface area contributed by atoms with Crippen LogP contribution in [0.1, 0.15) is 18.0 Å². The number of aliphatic hydroxyl groups excluding tert-OH is 1. The third kappa shape index (κ3) is 3.93. The molecule has 4 heterocycles. The first kappa shape index (κ1) is 23.0. The van der Waals surface area contributed by atoms with E-state index in [2.05, 4.69) is 10.6 Å². The summed E-state index contributed by atoms with van der Waals surface area (Å²) >= 11 is 1.43. The maximum atomic E-state index is 14.6. The number of cyclic esters (lactones) is 1. The van der Waals surface area contributed by atoms with E-state index in [1.165, 1.54) is 28.8 Å². The number of carbonyl (C=O) groups is 2. The third-order valence-corrected chi connectivity index (χ3v) is 7.93. The lowest BCUT2D eigenvalue weighted by molar-refractivity contribution is -0.113. The van der Waals surface area contributed by atoms with Crippen LogP contribution in [0.5, 0.6) is 0 Å². The monoisotopic (exact) mass is 510 g/mol. The summed E-state index contributed by atoms with van der Waals surface area (Å²) in [5.41, 5.74) is 2.09. The van der Waals surface area contributed by atoms with Crippen molar-refractivity contribution in [3.8, 4) is 0 Å². The number of nitrogens with zero attached hydrogens (tertiary/aromatic N) is 2. The lowest BCUT2D eigenvalue weighted by atomic mass is 10.0. The van der Waals surface area contributed by atoms with Crippen molar-refractivity contribution in [1.82, 2.24) is 9.88 Å². The zero-order valence-electron chi connectivity index (χ0n) is 19.1. The Labute approximate surface area is 209 Å². The molecule has 2 aromatic carbocycles. The molecule has 0 spiro atoms. The molecule has 11 heteroatoms. The van der Waals surface area contributed by atoms with Crippen molar-refractivity contribution in [3.05, 3.63) is 64.2 Å². The number of hydrogen-bond acceptors (Lipinski definition) is 7. The second-order valence-corrected chi connectivity index (χ2v) is 10.1. The molecule has 3 aliphatic rings. The molecule has 0 aliphatic carbocycles. The van der Waals surface area contributed by atoms with Crippen LogP contribution in [0.2, 0.25) is 0 Å². The summed E-state index contributed by atoms with van der Waals surface area (Å²) in [6.07, 6.45) is -1.97. The van der Waals surface area contributed by atoms with Gasteiger partial charge in [0.05, 0.1) is 35.6 Å². The number of nitrogens with one attached hydrogen (secondary N) is 2. The highest BCUT2D eigenvalue weighted by atomic mass is 32.2. The van der Waals surface area contributed by atoms with Gasteiger partial charge in [0.25, 0.3) is 5.56 Å². The number of fused-ring (bicyclic) bond motifs is 1. The molecule has 0 radical (unpaired) electrons. The zero-order chi connectivity index (χ0) is 25.0. The Hall–Kier alpha value is -3.41. The van der Waals surface area contributed by atoms with Crippen LogP contribution >= 0.6 is 11.8 Å². The van der Waals surface area contributed by atoms with Crippen LogP contribution in [0.25, 0.3) is 10.9 Å². The highest BCUT2D eigenvalue weighted by Gasteiger charge is 2.37. The minimum absolute atomic E-state index is 0.0965. The van der Waals surface area contributed by atoms with Crippen molar-refractivity contribution >= 4 is 46.0 Å². The predicted molar refractivity (Wildman–Crippen MR) is 133 cm³/mol. The van der Waals surface area contributed by atoms with Crippen LogP contribution in [-0.2, 0) is 16.1 Å². The van der Waals surface area contributed by atoms with E-state index in [4.69, 9.17) is 4.74 Å². The van der Waals surface area contributed by atoms with Gasteiger partial charge in [-0.05, 0) is 54.8 Å². The first-order chi connectivity index (χ1) is 17.4. The van der Waals surface area contributed by atoms with Crippen molar-refractivity contribution < 1.29 is 23.8 Å². The largest absolute Gasteiger partial charge is 0.441 e. The molecule has 1 fully saturated rings. The van der Waals surface area contributed by atoms with Crippen molar-refractivity contribution in [2.45, 2.75) is 36.1 Å². The van der Waals surface area contributed by atoms with Gasteiger partial charge in [-0.15, -0.1) is 11.8 Å². The molecular formula is C25H23FN4O5S. The third-order valence-electron chi connectivity index (χ3n) is 6.85. The summed E-state index contributed by atoms with van der Waals surface area (Å²) in [6.45, 7) is 0.806. The highest BCUT2D eigenvalue weighted by Crippen LogP contribution is 2.36. The topological polar surface area (TPSA) is 113 Å². The number of amides is 2. The van der Waals surface area contributed by atoms with Gasteiger partial charge in [0, 0.05) is 28.8 Å². The molecule has 3 aromatic rings. The number of carbonyl (C=O) groups excluding carboxylic acids is 2. The quantitative estimate of drug-likeness (QED) is 0.467. The maximum Gasteiger partial charge on any atom is 0.414 e. The first-order valence-corrected chi connectivity index (χ1v) is 12.7. The average Bonchev–Trinajstić information content (AvgIpc) is 3.45. The fourth-order valence-electron chi connectivity index (χ4n) is 5.08. The summed E-state index contributed by atoms with van der Waals surface area (Å²) in [6, 6.07) is 11.2. The van der Waals surface area contributed by atoms with Gasteiger partial charge >= 0.3 is 6.09 Å². The van der Waals surface area contributed by atoms with Crippen molar-refractivity contribution in [2.75, 3.05) is 29.1 Å². The van der Waals surface area contributed by atoms with E-state index >= 15 is 0 Å². The molecule has 9 nitrogen and oxygen atoms in total. The maximum absolute atomic E-state index is 14.6. The second kappa shape index (κ2) is 8.91. The fraction of sp³-hybridized carbons (Fsp3) is 0.320. The summed E-state index contributed by atoms with van der Waals surface area (Å²) < 4.78 is 21.6. The van der Waals surface area contributed by atoms with E-state index in [-0.39, 0.29) is 30.2 Å². The molecule has 186 valence electrons. The molecule has 36 heavy (non-hydrogen) atoms. The number of rotatable bonds is 6.